The predicted molar refractivity (Wildman–Crippen MR) is 93.5 cm³/mol. The van der Waals surface area contributed by atoms with Crippen LogP contribution in [0, 0.1) is 0 Å². The second-order valence-electron chi connectivity index (χ2n) is 5.45. The van der Waals surface area contributed by atoms with Crippen LogP contribution in [0.5, 0.6) is 0 Å². The van der Waals surface area contributed by atoms with Gasteiger partial charge in [0.05, 0.1) is 6.26 Å². The zero-order valence-electron chi connectivity index (χ0n) is 14.9. The minimum Gasteiger partial charge on any atom is -0.487 e. The minimum atomic E-state index is -3.06. The molecule has 0 bridgehead atoms. The van der Waals surface area contributed by atoms with Crippen molar-refractivity contribution in [1.82, 2.24) is 0 Å². The van der Waals surface area contributed by atoms with Crippen molar-refractivity contribution >= 4 is 9.05 Å². The molecule has 0 aromatic rings. The third kappa shape index (κ3) is 11.2. The zero-order chi connectivity index (χ0) is 16.5. The number of hydrogen-bond donors (Lipinski definition) is 0. The quantitative estimate of drug-likeness (QED) is 0.208. The molecule has 0 aromatic carbocycles. The summed E-state index contributed by atoms with van der Waals surface area (Å²) in [5.74, 6) is 0. The first-order valence-electron chi connectivity index (χ1n) is 8.95. The van der Waals surface area contributed by atoms with E-state index in [9.17, 15) is 0 Å². The highest BCUT2D eigenvalue weighted by Gasteiger charge is 2.47. The van der Waals surface area contributed by atoms with E-state index in [1.165, 1.54) is 6.26 Å². The van der Waals surface area contributed by atoms with Crippen molar-refractivity contribution in [2.24, 2.45) is 0 Å². The Balaban J connectivity index is 4.43. The molecule has 132 valence electrons. The Kier molecular flexibility index (Phi) is 15.3. The molecule has 0 saturated carbocycles. The summed E-state index contributed by atoms with van der Waals surface area (Å²) in [6.45, 7) is 12.0. The Morgan fingerprint density at radius 3 is 1.32 bits per heavy atom. The second-order valence-corrected chi connectivity index (χ2v) is 7.55. The fourth-order valence-corrected chi connectivity index (χ4v) is 3.82. The van der Waals surface area contributed by atoms with Gasteiger partial charge in [0.2, 0.25) is 0 Å². The maximum Gasteiger partial charge on any atom is 0.749 e. The van der Waals surface area contributed by atoms with Crippen LogP contribution >= 0.6 is 0 Å². The van der Waals surface area contributed by atoms with Crippen LogP contribution in [0.4, 0.5) is 0 Å². The highest BCUT2D eigenvalue weighted by Crippen LogP contribution is 2.16. The van der Waals surface area contributed by atoms with E-state index in [4.69, 9.17) is 17.7 Å². The standard InChI is InChI=1S/C17H36O4Si/c1-5-9-12-15-19-22(18-8-4,20-16-13-10-6-2)21-17-14-11-7-3/h8H,4-7,9-17H2,1-3H3. The molecule has 0 atom stereocenters. The molecular formula is C17H36O4Si. The summed E-state index contributed by atoms with van der Waals surface area (Å²) in [4.78, 5) is 0. The minimum absolute atomic E-state index is 0.620. The Bertz CT molecular complexity index is 218. The Labute approximate surface area is 138 Å². The van der Waals surface area contributed by atoms with Crippen LogP contribution in [0.25, 0.3) is 0 Å². The van der Waals surface area contributed by atoms with E-state index in [0.29, 0.717) is 19.8 Å². The molecule has 0 N–H and O–H groups in total. The van der Waals surface area contributed by atoms with E-state index in [1.54, 1.807) is 0 Å². The SMILES string of the molecule is C=CO[Si](OCCCCC)(OCCCCC)OCCCCC. The maximum absolute atomic E-state index is 5.93. The van der Waals surface area contributed by atoms with Gasteiger partial charge in [-0.2, -0.15) is 0 Å². The molecule has 22 heavy (non-hydrogen) atoms. The van der Waals surface area contributed by atoms with Crippen molar-refractivity contribution in [2.75, 3.05) is 19.8 Å². The molecule has 0 saturated heterocycles. The average molecular weight is 333 g/mol. The predicted octanol–water partition coefficient (Wildman–Crippen LogP) is 5.20. The van der Waals surface area contributed by atoms with Gasteiger partial charge < -0.3 is 17.7 Å². The van der Waals surface area contributed by atoms with Crippen molar-refractivity contribution in [1.29, 1.82) is 0 Å². The summed E-state index contributed by atoms with van der Waals surface area (Å²) >= 11 is 0. The van der Waals surface area contributed by atoms with E-state index in [0.717, 1.165) is 57.8 Å². The third-order valence-corrected chi connectivity index (χ3v) is 5.44. The molecule has 0 aromatic heterocycles. The summed E-state index contributed by atoms with van der Waals surface area (Å²) in [5, 5.41) is 0. The van der Waals surface area contributed by atoms with E-state index < -0.39 is 9.05 Å². The van der Waals surface area contributed by atoms with Crippen LogP contribution in [0.2, 0.25) is 0 Å². The fraction of sp³-hybridized carbons (Fsp3) is 0.882. The molecule has 0 aliphatic rings. The van der Waals surface area contributed by atoms with Gasteiger partial charge in [0, 0.05) is 19.8 Å². The molecule has 4 nitrogen and oxygen atoms in total. The monoisotopic (exact) mass is 332 g/mol. The molecule has 5 heteroatoms. The first kappa shape index (κ1) is 21.6. The van der Waals surface area contributed by atoms with Crippen LogP contribution in [-0.2, 0) is 17.7 Å². The van der Waals surface area contributed by atoms with Gasteiger partial charge in [-0.15, -0.1) is 0 Å². The lowest BCUT2D eigenvalue weighted by Gasteiger charge is -2.26. The van der Waals surface area contributed by atoms with Crippen molar-refractivity contribution in [2.45, 2.75) is 78.6 Å². The van der Waals surface area contributed by atoms with E-state index in [-0.39, 0.29) is 0 Å². The number of unbranched alkanes of at least 4 members (excludes halogenated alkanes) is 6. The van der Waals surface area contributed by atoms with Gasteiger partial charge in [-0.3, -0.25) is 0 Å². The van der Waals surface area contributed by atoms with Gasteiger partial charge in [-0.1, -0.05) is 65.9 Å². The maximum atomic E-state index is 5.93. The lowest BCUT2D eigenvalue weighted by Crippen LogP contribution is -2.48. The van der Waals surface area contributed by atoms with Crippen LogP contribution < -0.4 is 0 Å². The average Bonchev–Trinajstić information content (AvgIpc) is 2.53. The summed E-state index contributed by atoms with van der Waals surface area (Å²) < 4.78 is 23.4. The smallest absolute Gasteiger partial charge is 0.487 e. The van der Waals surface area contributed by atoms with Gasteiger partial charge >= 0.3 is 9.05 Å². The van der Waals surface area contributed by atoms with E-state index in [1.807, 2.05) is 0 Å². The summed E-state index contributed by atoms with van der Waals surface area (Å²) in [5.41, 5.74) is 0. The third-order valence-electron chi connectivity index (χ3n) is 3.31. The molecule has 0 radical (unpaired) electrons. The molecule has 0 aliphatic heterocycles. The van der Waals surface area contributed by atoms with E-state index in [2.05, 4.69) is 27.4 Å². The van der Waals surface area contributed by atoms with Crippen molar-refractivity contribution in [3.8, 4) is 0 Å². The molecule has 0 aliphatic carbocycles. The molecule has 0 heterocycles. The van der Waals surface area contributed by atoms with Crippen molar-refractivity contribution in [3.63, 3.8) is 0 Å². The number of rotatable bonds is 17. The zero-order valence-corrected chi connectivity index (χ0v) is 15.9. The van der Waals surface area contributed by atoms with Gasteiger partial charge in [0.15, 0.2) is 0 Å². The first-order valence-corrected chi connectivity index (χ1v) is 10.6. The highest BCUT2D eigenvalue weighted by molar-refractivity contribution is 6.53. The second kappa shape index (κ2) is 15.5. The topological polar surface area (TPSA) is 36.9 Å². The fourth-order valence-electron chi connectivity index (χ4n) is 1.98. The Morgan fingerprint density at radius 2 is 1.05 bits per heavy atom. The summed E-state index contributed by atoms with van der Waals surface area (Å²) in [6, 6.07) is 0. The highest BCUT2D eigenvalue weighted by atomic mass is 28.4. The molecule has 0 unspecified atom stereocenters. The summed E-state index contributed by atoms with van der Waals surface area (Å²) in [7, 11) is -3.06. The molecule has 0 spiro atoms. The molecule has 0 rings (SSSR count). The molecular weight excluding hydrogens is 296 g/mol. The first-order chi connectivity index (χ1) is 10.7. The van der Waals surface area contributed by atoms with Crippen LogP contribution in [0.15, 0.2) is 12.8 Å². The van der Waals surface area contributed by atoms with Crippen molar-refractivity contribution < 1.29 is 17.7 Å². The lowest BCUT2D eigenvalue weighted by molar-refractivity contribution is -0.0147. The van der Waals surface area contributed by atoms with E-state index >= 15 is 0 Å². The number of hydrogen-bond acceptors (Lipinski definition) is 4. The van der Waals surface area contributed by atoms with Gasteiger partial charge in [0.25, 0.3) is 0 Å². The van der Waals surface area contributed by atoms with Crippen LogP contribution in [0.1, 0.15) is 78.6 Å². The largest absolute Gasteiger partial charge is 0.749 e. The van der Waals surface area contributed by atoms with Gasteiger partial charge in [-0.25, -0.2) is 0 Å². The van der Waals surface area contributed by atoms with Gasteiger partial charge in [-0.05, 0) is 19.3 Å². The normalized spacial score (nSPS) is 11.6. The van der Waals surface area contributed by atoms with Crippen LogP contribution in [-0.4, -0.2) is 28.9 Å². The van der Waals surface area contributed by atoms with Crippen LogP contribution in [0.3, 0.4) is 0 Å². The van der Waals surface area contributed by atoms with Crippen molar-refractivity contribution in [3.05, 3.63) is 12.8 Å². The Morgan fingerprint density at radius 1 is 0.682 bits per heavy atom. The van der Waals surface area contributed by atoms with Gasteiger partial charge in [0.1, 0.15) is 0 Å². The molecule has 0 fully saturated rings. The molecule has 0 amide bonds. The summed E-state index contributed by atoms with van der Waals surface area (Å²) in [6.07, 6.45) is 11.3. The Hall–Kier alpha value is -0.363. The lowest BCUT2D eigenvalue weighted by atomic mass is 10.3.